The van der Waals surface area contributed by atoms with E-state index in [1.807, 2.05) is 47.4 Å². The van der Waals surface area contributed by atoms with Crippen LogP contribution in [0.25, 0.3) is 22.4 Å². The van der Waals surface area contributed by atoms with Crippen LogP contribution in [0.2, 0.25) is 0 Å². The molecule has 5 nitrogen and oxygen atoms in total. The molecule has 0 saturated carbocycles. The minimum atomic E-state index is 0.0710. The lowest BCUT2D eigenvalue weighted by Gasteiger charge is -2.21. The highest BCUT2D eigenvalue weighted by atomic mass is 16.3. The minimum Gasteiger partial charge on any atom is -0.463 e. The summed E-state index contributed by atoms with van der Waals surface area (Å²) in [5.41, 5.74) is 2.20. The molecule has 0 N–H and O–H groups in total. The Morgan fingerprint density at radius 2 is 1.96 bits per heavy atom. The second-order valence-electron chi connectivity index (χ2n) is 6.50. The first kappa shape index (κ1) is 15.8. The fraction of sp³-hybridized carbons (Fsp3) is 0.300. The molecule has 0 bridgehead atoms. The van der Waals surface area contributed by atoms with E-state index in [1.54, 1.807) is 6.26 Å². The van der Waals surface area contributed by atoms with Gasteiger partial charge in [0.1, 0.15) is 5.69 Å². The van der Waals surface area contributed by atoms with Gasteiger partial charge in [-0.1, -0.05) is 18.2 Å². The second-order valence-corrected chi connectivity index (χ2v) is 6.50. The highest BCUT2D eigenvalue weighted by molar-refractivity contribution is 6.07. The molecule has 128 valence electrons. The van der Waals surface area contributed by atoms with Gasteiger partial charge >= 0.3 is 0 Å². The predicted molar refractivity (Wildman–Crippen MR) is 97.5 cm³/mol. The number of hydrogen-bond acceptors (Lipinski definition) is 4. The topological polar surface area (TPSA) is 49.6 Å². The summed E-state index contributed by atoms with van der Waals surface area (Å²) in [5.74, 6) is 0.747. The number of carbonyl (C=O) groups is 1. The molecule has 3 aromatic rings. The Labute approximate surface area is 146 Å². The van der Waals surface area contributed by atoms with Crippen molar-refractivity contribution in [2.45, 2.75) is 6.42 Å². The molecular weight excluding hydrogens is 314 g/mol. The van der Waals surface area contributed by atoms with Crippen LogP contribution in [-0.4, -0.2) is 53.9 Å². The van der Waals surface area contributed by atoms with E-state index in [-0.39, 0.29) is 5.91 Å². The Morgan fingerprint density at radius 3 is 2.80 bits per heavy atom. The number of amides is 1. The molecular formula is C20H21N3O2. The number of aromatic nitrogens is 1. The van der Waals surface area contributed by atoms with Crippen LogP contribution in [0.15, 0.2) is 53.1 Å². The van der Waals surface area contributed by atoms with Crippen molar-refractivity contribution in [3.63, 3.8) is 0 Å². The Kier molecular flexibility index (Phi) is 4.24. The van der Waals surface area contributed by atoms with Gasteiger partial charge in [-0.2, -0.15) is 0 Å². The number of para-hydroxylation sites is 1. The largest absolute Gasteiger partial charge is 0.463 e. The fourth-order valence-electron chi connectivity index (χ4n) is 3.32. The SMILES string of the molecule is CN1CCCN(C(=O)c2cc(-c3ccco3)nc3ccccc23)CC1. The number of pyridine rings is 1. The number of benzene rings is 1. The third-order valence-corrected chi connectivity index (χ3v) is 4.73. The van der Waals surface area contributed by atoms with Gasteiger partial charge in [0.15, 0.2) is 5.76 Å². The summed E-state index contributed by atoms with van der Waals surface area (Å²) < 4.78 is 5.49. The quantitative estimate of drug-likeness (QED) is 0.721. The molecule has 1 fully saturated rings. The van der Waals surface area contributed by atoms with E-state index in [0.717, 1.165) is 43.5 Å². The van der Waals surface area contributed by atoms with E-state index in [9.17, 15) is 4.79 Å². The van der Waals surface area contributed by atoms with Crippen molar-refractivity contribution in [3.8, 4) is 11.5 Å². The van der Waals surface area contributed by atoms with Crippen LogP contribution in [0.1, 0.15) is 16.8 Å². The standard InChI is InChI=1S/C20H21N3O2/c1-22-9-5-10-23(12-11-22)20(24)16-14-18(19-8-4-13-25-19)21-17-7-3-2-6-15(16)17/h2-4,6-8,13-14H,5,9-12H2,1H3. The lowest BCUT2D eigenvalue weighted by atomic mass is 10.1. The van der Waals surface area contributed by atoms with Crippen LogP contribution in [-0.2, 0) is 0 Å². The van der Waals surface area contributed by atoms with E-state index in [1.165, 1.54) is 0 Å². The zero-order valence-electron chi connectivity index (χ0n) is 14.3. The normalized spacial score (nSPS) is 16.1. The van der Waals surface area contributed by atoms with Gasteiger partial charge < -0.3 is 14.2 Å². The summed E-state index contributed by atoms with van der Waals surface area (Å²) in [5, 5.41) is 0.889. The van der Waals surface area contributed by atoms with Crippen molar-refractivity contribution in [2.75, 3.05) is 33.2 Å². The summed E-state index contributed by atoms with van der Waals surface area (Å²) in [6.07, 6.45) is 2.62. The molecule has 4 rings (SSSR count). The molecule has 3 heterocycles. The lowest BCUT2D eigenvalue weighted by Crippen LogP contribution is -2.34. The van der Waals surface area contributed by atoms with Crippen molar-refractivity contribution in [2.24, 2.45) is 0 Å². The molecule has 1 saturated heterocycles. The number of furan rings is 1. The Morgan fingerprint density at radius 1 is 1.08 bits per heavy atom. The van der Waals surface area contributed by atoms with Crippen molar-refractivity contribution >= 4 is 16.8 Å². The number of hydrogen-bond donors (Lipinski definition) is 0. The van der Waals surface area contributed by atoms with Gasteiger partial charge in [-0.05, 0) is 44.3 Å². The van der Waals surface area contributed by atoms with E-state index >= 15 is 0 Å². The molecule has 0 radical (unpaired) electrons. The Hall–Kier alpha value is -2.66. The van der Waals surface area contributed by atoms with Crippen molar-refractivity contribution in [1.82, 2.24) is 14.8 Å². The third kappa shape index (κ3) is 3.15. The van der Waals surface area contributed by atoms with Crippen LogP contribution in [0.3, 0.4) is 0 Å². The third-order valence-electron chi connectivity index (χ3n) is 4.73. The average Bonchev–Trinajstić information content (AvgIpc) is 3.09. The molecule has 1 aromatic carbocycles. The van der Waals surface area contributed by atoms with Gasteiger partial charge in [0.05, 0.1) is 17.3 Å². The van der Waals surface area contributed by atoms with Crippen molar-refractivity contribution in [3.05, 3.63) is 54.3 Å². The predicted octanol–water partition coefficient (Wildman–Crippen LogP) is 3.27. The number of carbonyl (C=O) groups excluding carboxylic acids is 1. The highest BCUT2D eigenvalue weighted by Crippen LogP contribution is 2.26. The van der Waals surface area contributed by atoms with Crippen LogP contribution in [0.4, 0.5) is 0 Å². The van der Waals surface area contributed by atoms with Gasteiger partial charge in [-0.25, -0.2) is 4.98 Å². The van der Waals surface area contributed by atoms with Gasteiger partial charge in [-0.15, -0.1) is 0 Å². The summed E-state index contributed by atoms with van der Waals surface area (Å²) in [7, 11) is 2.10. The molecule has 0 aliphatic carbocycles. The number of nitrogens with zero attached hydrogens (tertiary/aromatic N) is 3. The van der Waals surface area contributed by atoms with E-state index in [0.29, 0.717) is 17.0 Å². The van der Waals surface area contributed by atoms with Crippen LogP contribution in [0, 0.1) is 0 Å². The molecule has 0 atom stereocenters. The van der Waals surface area contributed by atoms with Gasteiger partial charge in [-0.3, -0.25) is 4.79 Å². The monoisotopic (exact) mass is 335 g/mol. The lowest BCUT2D eigenvalue weighted by molar-refractivity contribution is 0.0765. The van der Waals surface area contributed by atoms with Gasteiger partial charge in [0, 0.05) is 25.0 Å². The van der Waals surface area contributed by atoms with E-state index in [2.05, 4.69) is 16.9 Å². The van der Waals surface area contributed by atoms with Crippen LogP contribution >= 0.6 is 0 Å². The summed E-state index contributed by atoms with van der Waals surface area (Å²) in [4.78, 5) is 22.1. The molecule has 0 spiro atoms. The smallest absolute Gasteiger partial charge is 0.254 e. The van der Waals surface area contributed by atoms with E-state index < -0.39 is 0 Å². The molecule has 1 aliphatic heterocycles. The first-order valence-corrected chi connectivity index (χ1v) is 8.64. The zero-order valence-corrected chi connectivity index (χ0v) is 14.3. The fourth-order valence-corrected chi connectivity index (χ4v) is 3.32. The minimum absolute atomic E-state index is 0.0710. The first-order chi connectivity index (χ1) is 12.2. The maximum absolute atomic E-state index is 13.2. The summed E-state index contributed by atoms with van der Waals surface area (Å²) in [6, 6.07) is 13.4. The molecule has 1 aliphatic rings. The summed E-state index contributed by atoms with van der Waals surface area (Å²) >= 11 is 0. The number of rotatable bonds is 2. The molecule has 0 unspecified atom stereocenters. The second kappa shape index (κ2) is 6.69. The molecule has 5 heteroatoms. The summed E-state index contributed by atoms with van der Waals surface area (Å²) in [6.45, 7) is 3.47. The number of likely N-dealkylation sites (N-methyl/N-ethyl adjacent to an activating group) is 1. The van der Waals surface area contributed by atoms with Gasteiger partial charge in [0.25, 0.3) is 5.91 Å². The first-order valence-electron chi connectivity index (χ1n) is 8.64. The Balaban J connectivity index is 1.78. The molecule has 2 aromatic heterocycles. The van der Waals surface area contributed by atoms with Crippen molar-refractivity contribution in [1.29, 1.82) is 0 Å². The molecule has 1 amide bonds. The van der Waals surface area contributed by atoms with Crippen LogP contribution in [0.5, 0.6) is 0 Å². The zero-order chi connectivity index (χ0) is 17.2. The van der Waals surface area contributed by atoms with Crippen LogP contribution < -0.4 is 0 Å². The maximum atomic E-state index is 13.2. The average molecular weight is 335 g/mol. The Bertz CT molecular complexity index is 889. The number of fused-ring (bicyclic) bond motifs is 1. The van der Waals surface area contributed by atoms with E-state index in [4.69, 9.17) is 4.42 Å². The maximum Gasteiger partial charge on any atom is 0.254 e. The molecule has 25 heavy (non-hydrogen) atoms. The van der Waals surface area contributed by atoms with Gasteiger partial charge in [0.2, 0.25) is 0 Å². The highest BCUT2D eigenvalue weighted by Gasteiger charge is 2.22. The van der Waals surface area contributed by atoms with Crippen molar-refractivity contribution < 1.29 is 9.21 Å².